The maximum Gasteiger partial charge on any atom is 0.131 e. The van der Waals surface area contributed by atoms with E-state index in [9.17, 15) is 0 Å². The highest BCUT2D eigenvalue weighted by molar-refractivity contribution is 5.29. The van der Waals surface area contributed by atoms with Crippen LogP contribution < -0.4 is 5.73 Å². The maximum atomic E-state index is 5.78. The molecule has 3 heteroatoms. The van der Waals surface area contributed by atoms with E-state index in [1.807, 2.05) is 0 Å². The fourth-order valence-corrected chi connectivity index (χ4v) is 3.44. The van der Waals surface area contributed by atoms with Crippen molar-refractivity contribution in [2.24, 2.45) is 11.7 Å². The van der Waals surface area contributed by atoms with Crippen molar-refractivity contribution in [2.75, 3.05) is 6.54 Å². The lowest BCUT2D eigenvalue weighted by Gasteiger charge is -2.18. The number of aromatic nitrogens is 2. The molecule has 3 unspecified atom stereocenters. The summed E-state index contributed by atoms with van der Waals surface area (Å²) in [6.07, 6.45) is 5.14. The lowest BCUT2D eigenvalue weighted by atomic mass is 9.97. The Morgan fingerprint density at radius 2 is 1.84 bits per heavy atom. The molecule has 2 rings (SSSR count). The van der Waals surface area contributed by atoms with E-state index in [0.29, 0.717) is 18.4 Å². The van der Waals surface area contributed by atoms with Gasteiger partial charge < -0.3 is 5.73 Å². The van der Waals surface area contributed by atoms with Gasteiger partial charge in [0.1, 0.15) is 5.82 Å². The minimum atomic E-state index is 0.348. The molecule has 0 amide bonds. The van der Waals surface area contributed by atoms with Gasteiger partial charge in [-0.25, -0.2) is 9.97 Å². The van der Waals surface area contributed by atoms with Crippen LogP contribution in [0.1, 0.15) is 74.1 Å². The molecule has 1 aromatic rings. The summed E-state index contributed by atoms with van der Waals surface area (Å²) in [7, 11) is 0. The highest BCUT2D eigenvalue weighted by atomic mass is 14.9. The Balaban J connectivity index is 2.25. The van der Waals surface area contributed by atoms with Crippen molar-refractivity contribution in [2.45, 2.75) is 65.2 Å². The van der Waals surface area contributed by atoms with Gasteiger partial charge in [-0.15, -0.1) is 0 Å². The summed E-state index contributed by atoms with van der Waals surface area (Å²) in [6.45, 7) is 9.31. The van der Waals surface area contributed by atoms with Crippen molar-refractivity contribution in [3.8, 4) is 0 Å². The molecular weight excluding hydrogens is 234 g/mol. The van der Waals surface area contributed by atoms with E-state index in [2.05, 4.69) is 27.7 Å². The van der Waals surface area contributed by atoms with Gasteiger partial charge in [0.25, 0.3) is 0 Å². The number of hydrogen-bond donors (Lipinski definition) is 1. The Labute approximate surface area is 117 Å². The summed E-state index contributed by atoms with van der Waals surface area (Å²) in [4.78, 5) is 9.57. The van der Waals surface area contributed by atoms with Crippen molar-refractivity contribution in [3.05, 3.63) is 22.8 Å². The summed E-state index contributed by atoms with van der Waals surface area (Å²) >= 11 is 0. The smallest absolute Gasteiger partial charge is 0.131 e. The first-order valence-electron chi connectivity index (χ1n) is 7.61. The van der Waals surface area contributed by atoms with Crippen molar-refractivity contribution < 1.29 is 0 Å². The molecule has 1 aromatic heterocycles. The lowest BCUT2D eigenvalue weighted by Crippen LogP contribution is -2.15. The molecular formula is C16H27N3. The fourth-order valence-electron chi connectivity index (χ4n) is 3.44. The maximum absolute atomic E-state index is 5.78. The molecule has 3 nitrogen and oxygen atoms in total. The van der Waals surface area contributed by atoms with Crippen molar-refractivity contribution in [3.63, 3.8) is 0 Å². The normalized spacial score (nSPS) is 24.7. The van der Waals surface area contributed by atoms with Crippen LogP contribution in [0, 0.1) is 19.8 Å². The van der Waals surface area contributed by atoms with Crippen LogP contribution in [0.25, 0.3) is 0 Å². The molecule has 0 radical (unpaired) electrons. The van der Waals surface area contributed by atoms with Crippen LogP contribution in [0.3, 0.4) is 0 Å². The Kier molecular flexibility index (Phi) is 4.56. The van der Waals surface area contributed by atoms with Crippen molar-refractivity contribution in [1.29, 1.82) is 0 Å². The van der Waals surface area contributed by atoms with E-state index in [1.54, 1.807) is 0 Å². The third-order valence-electron chi connectivity index (χ3n) is 4.67. The Bertz CT molecular complexity index is 419. The fraction of sp³-hybridized carbons (Fsp3) is 0.750. The van der Waals surface area contributed by atoms with Gasteiger partial charge in [0.15, 0.2) is 0 Å². The average Bonchev–Trinajstić information content (AvgIpc) is 2.86. The van der Waals surface area contributed by atoms with E-state index in [4.69, 9.17) is 15.7 Å². The van der Waals surface area contributed by atoms with Crippen LogP contribution in [0.15, 0.2) is 0 Å². The molecule has 1 aliphatic carbocycles. The molecule has 0 spiro atoms. The summed E-state index contributed by atoms with van der Waals surface area (Å²) in [5, 5.41) is 0. The highest BCUT2D eigenvalue weighted by Crippen LogP contribution is 2.38. The van der Waals surface area contributed by atoms with Crippen LogP contribution in [-0.4, -0.2) is 16.5 Å². The average molecular weight is 261 g/mol. The molecule has 0 bridgehead atoms. The van der Waals surface area contributed by atoms with Gasteiger partial charge >= 0.3 is 0 Å². The van der Waals surface area contributed by atoms with E-state index < -0.39 is 0 Å². The predicted molar refractivity (Wildman–Crippen MR) is 79.3 cm³/mol. The topological polar surface area (TPSA) is 51.8 Å². The first kappa shape index (κ1) is 14.4. The van der Waals surface area contributed by atoms with E-state index in [1.165, 1.54) is 31.2 Å². The van der Waals surface area contributed by atoms with Gasteiger partial charge in [-0.2, -0.15) is 0 Å². The van der Waals surface area contributed by atoms with Gasteiger partial charge in [0.2, 0.25) is 0 Å². The number of aryl methyl sites for hydroxylation is 2. The van der Waals surface area contributed by atoms with Crippen LogP contribution >= 0.6 is 0 Å². The molecule has 1 aliphatic rings. The zero-order valence-corrected chi connectivity index (χ0v) is 12.7. The molecule has 1 heterocycles. The minimum Gasteiger partial charge on any atom is -0.330 e. The molecule has 0 aliphatic heterocycles. The van der Waals surface area contributed by atoms with Crippen LogP contribution in [0.2, 0.25) is 0 Å². The molecule has 106 valence electrons. The number of nitrogens with two attached hydrogens (primary N) is 1. The lowest BCUT2D eigenvalue weighted by molar-refractivity contribution is 0.515. The first-order chi connectivity index (χ1) is 9.06. The molecule has 0 aromatic carbocycles. The van der Waals surface area contributed by atoms with Crippen molar-refractivity contribution in [1.82, 2.24) is 9.97 Å². The number of hydrogen-bond acceptors (Lipinski definition) is 3. The standard InChI is InChI=1S/C16H27N3/c1-5-13-6-7-14(8-13)16-18-11(3)15(10(2)9-17)12(4)19-16/h10,13-14H,5-9,17H2,1-4H3. The molecule has 1 fully saturated rings. The molecule has 2 N–H and O–H groups in total. The second-order valence-electron chi connectivity index (χ2n) is 6.09. The van der Waals surface area contributed by atoms with Gasteiger partial charge in [-0.05, 0) is 57.1 Å². The van der Waals surface area contributed by atoms with Gasteiger partial charge in [-0.1, -0.05) is 20.3 Å². The zero-order valence-electron chi connectivity index (χ0n) is 12.7. The quantitative estimate of drug-likeness (QED) is 0.903. The summed E-state index contributed by atoms with van der Waals surface area (Å²) in [5.41, 5.74) is 9.28. The Hall–Kier alpha value is -0.960. The van der Waals surface area contributed by atoms with Gasteiger partial charge in [0.05, 0.1) is 0 Å². The number of rotatable bonds is 4. The highest BCUT2D eigenvalue weighted by Gasteiger charge is 2.27. The number of nitrogens with zero attached hydrogens (tertiary/aromatic N) is 2. The third-order valence-corrected chi connectivity index (χ3v) is 4.67. The largest absolute Gasteiger partial charge is 0.330 e. The first-order valence-corrected chi connectivity index (χ1v) is 7.61. The third kappa shape index (κ3) is 2.97. The van der Waals surface area contributed by atoms with Crippen LogP contribution in [-0.2, 0) is 0 Å². The summed E-state index contributed by atoms with van der Waals surface area (Å²) in [6, 6.07) is 0. The van der Waals surface area contributed by atoms with E-state index in [-0.39, 0.29) is 0 Å². The molecule has 1 saturated carbocycles. The monoisotopic (exact) mass is 261 g/mol. The van der Waals surface area contributed by atoms with E-state index >= 15 is 0 Å². The van der Waals surface area contributed by atoms with Gasteiger partial charge in [-0.3, -0.25) is 0 Å². The minimum absolute atomic E-state index is 0.348. The summed E-state index contributed by atoms with van der Waals surface area (Å²) in [5.74, 6) is 2.86. The SMILES string of the molecule is CCC1CCC(c2nc(C)c(C(C)CN)c(C)n2)C1. The van der Waals surface area contributed by atoms with E-state index in [0.717, 1.165) is 23.1 Å². The molecule has 19 heavy (non-hydrogen) atoms. The second-order valence-corrected chi connectivity index (χ2v) is 6.09. The van der Waals surface area contributed by atoms with Crippen molar-refractivity contribution >= 4 is 0 Å². The Morgan fingerprint density at radius 3 is 2.32 bits per heavy atom. The van der Waals surface area contributed by atoms with Gasteiger partial charge in [0, 0.05) is 17.3 Å². The molecule has 0 saturated heterocycles. The summed E-state index contributed by atoms with van der Waals surface area (Å²) < 4.78 is 0. The predicted octanol–water partition coefficient (Wildman–Crippen LogP) is 3.45. The second kappa shape index (κ2) is 6.00. The van der Waals surface area contributed by atoms with Crippen LogP contribution in [0.4, 0.5) is 0 Å². The van der Waals surface area contributed by atoms with Crippen LogP contribution in [0.5, 0.6) is 0 Å². The Morgan fingerprint density at radius 1 is 1.21 bits per heavy atom. The zero-order chi connectivity index (χ0) is 14.0. The molecule has 3 atom stereocenters.